The van der Waals surface area contributed by atoms with E-state index < -0.39 is 10.8 Å². The van der Waals surface area contributed by atoms with Crippen LogP contribution in [0, 0.1) is 12.8 Å². The van der Waals surface area contributed by atoms with E-state index in [9.17, 15) is 4.21 Å². The monoisotopic (exact) mass is 283 g/mol. The van der Waals surface area contributed by atoms with E-state index in [1.54, 1.807) is 7.11 Å². The molecule has 2 N–H and O–H groups in total. The van der Waals surface area contributed by atoms with Crippen molar-refractivity contribution in [2.45, 2.75) is 33.2 Å². The predicted octanol–water partition coefficient (Wildman–Crippen LogP) is 2.80. The van der Waals surface area contributed by atoms with Gasteiger partial charge >= 0.3 is 0 Å². The lowest BCUT2D eigenvalue weighted by Gasteiger charge is -2.16. The van der Waals surface area contributed by atoms with Crippen LogP contribution in [-0.4, -0.2) is 22.8 Å². The molecule has 0 heterocycles. The number of benzene rings is 1. The molecule has 1 rings (SSSR count). The van der Waals surface area contributed by atoms with E-state index in [2.05, 4.69) is 13.8 Å². The number of nitrogens with two attached hydrogens (primary N) is 1. The second-order valence-corrected chi connectivity index (χ2v) is 6.97. The van der Waals surface area contributed by atoms with Crippen LogP contribution in [-0.2, 0) is 10.8 Å². The van der Waals surface area contributed by atoms with Gasteiger partial charge in [0.2, 0.25) is 0 Å². The fourth-order valence-electron chi connectivity index (χ4n) is 1.88. The van der Waals surface area contributed by atoms with Gasteiger partial charge in [-0.1, -0.05) is 31.5 Å². The van der Waals surface area contributed by atoms with E-state index in [-0.39, 0.29) is 6.04 Å². The van der Waals surface area contributed by atoms with Gasteiger partial charge in [0.25, 0.3) is 0 Å². The molecule has 0 spiro atoms. The molecule has 0 fully saturated rings. The molecule has 0 aliphatic rings. The van der Waals surface area contributed by atoms with Crippen LogP contribution in [0.3, 0.4) is 0 Å². The van der Waals surface area contributed by atoms with Crippen molar-refractivity contribution in [1.82, 2.24) is 0 Å². The van der Waals surface area contributed by atoms with Gasteiger partial charge in [0.05, 0.1) is 7.11 Å². The standard InChI is InChI=1S/C15H25NO2S/c1-11(2)7-8-19(17)10-14(16)13-9-12(3)5-6-15(13)18-4/h5-6,9,11,14H,7-8,10,16H2,1-4H3. The van der Waals surface area contributed by atoms with Crippen molar-refractivity contribution in [2.24, 2.45) is 11.7 Å². The van der Waals surface area contributed by atoms with E-state index in [0.717, 1.165) is 29.1 Å². The Balaban J connectivity index is 2.69. The van der Waals surface area contributed by atoms with Crippen LogP contribution in [0.25, 0.3) is 0 Å². The Labute approximate surface area is 119 Å². The van der Waals surface area contributed by atoms with E-state index in [4.69, 9.17) is 10.5 Å². The Morgan fingerprint density at radius 3 is 2.63 bits per heavy atom. The molecular weight excluding hydrogens is 258 g/mol. The minimum atomic E-state index is -0.869. The summed E-state index contributed by atoms with van der Waals surface area (Å²) in [5.41, 5.74) is 8.26. The highest BCUT2D eigenvalue weighted by Gasteiger charge is 2.15. The summed E-state index contributed by atoms with van der Waals surface area (Å²) in [6.45, 7) is 6.30. The van der Waals surface area contributed by atoms with Crippen LogP contribution >= 0.6 is 0 Å². The molecule has 0 saturated carbocycles. The van der Waals surface area contributed by atoms with Gasteiger partial charge < -0.3 is 10.5 Å². The maximum absolute atomic E-state index is 12.0. The van der Waals surface area contributed by atoms with Crippen LogP contribution in [0.15, 0.2) is 18.2 Å². The Bertz CT molecular complexity index is 432. The van der Waals surface area contributed by atoms with Crippen molar-refractivity contribution in [1.29, 1.82) is 0 Å². The zero-order valence-electron chi connectivity index (χ0n) is 12.3. The van der Waals surface area contributed by atoms with Crippen molar-refractivity contribution in [3.63, 3.8) is 0 Å². The highest BCUT2D eigenvalue weighted by Crippen LogP contribution is 2.25. The Morgan fingerprint density at radius 1 is 1.37 bits per heavy atom. The molecule has 2 unspecified atom stereocenters. The van der Waals surface area contributed by atoms with Crippen LogP contribution in [0.5, 0.6) is 5.75 Å². The third-order valence-electron chi connectivity index (χ3n) is 3.07. The molecule has 1 aromatic rings. The molecule has 3 nitrogen and oxygen atoms in total. The highest BCUT2D eigenvalue weighted by molar-refractivity contribution is 7.85. The number of hydrogen-bond donors (Lipinski definition) is 1. The van der Waals surface area contributed by atoms with Gasteiger partial charge in [-0.3, -0.25) is 4.21 Å². The quantitative estimate of drug-likeness (QED) is 0.837. The zero-order valence-corrected chi connectivity index (χ0v) is 13.1. The first-order valence-corrected chi connectivity index (χ1v) is 8.18. The minimum Gasteiger partial charge on any atom is -0.496 e. The average Bonchev–Trinajstić information content (AvgIpc) is 2.36. The molecule has 19 heavy (non-hydrogen) atoms. The van der Waals surface area contributed by atoms with E-state index >= 15 is 0 Å². The third kappa shape index (κ3) is 5.33. The molecule has 0 radical (unpaired) electrons. The predicted molar refractivity (Wildman–Crippen MR) is 82.0 cm³/mol. The Hall–Kier alpha value is -0.870. The number of rotatable bonds is 7. The maximum Gasteiger partial charge on any atom is 0.123 e. The van der Waals surface area contributed by atoms with Crippen molar-refractivity contribution in [3.05, 3.63) is 29.3 Å². The maximum atomic E-state index is 12.0. The molecule has 0 aromatic heterocycles. The van der Waals surface area contributed by atoms with Crippen molar-refractivity contribution >= 4 is 10.8 Å². The lowest BCUT2D eigenvalue weighted by Crippen LogP contribution is -2.21. The smallest absolute Gasteiger partial charge is 0.123 e. The summed E-state index contributed by atoms with van der Waals surface area (Å²) in [5.74, 6) is 2.57. The molecule has 0 aliphatic carbocycles. The van der Waals surface area contributed by atoms with E-state index in [1.807, 2.05) is 25.1 Å². The molecular formula is C15H25NO2S. The number of hydrogen-bond acceptors (Lipinski definition) is 3. The van der Waals surface area contributed by atoms with Crippen molar-refractivity contribution in [2.75, 3.05) is 18.6 Å². The van der Waals surface area contributed by atoms with Gasteiger partial charge in [0.1, 0.15) is 5.75 Å². The van der Waals surface area contributed by atoms with Crippen LogP contribution in [0.2, 0.25) is 0 Å². The molecule has 0 bridgehead atoms. The van der Waals surface area contributed by atoms with Crippen LogP contribution in [0.4, 0.5) is 0 Å². The largest absolute Gasteiger partial charge is 0.496 e. The van der Waals surface area contributed by atoms with Gasteiger partial charge in [-0.25, -0.2) is 0 Å². The topological polar surface area (TPSA) is 52.3 Å². The second-order valence-electron chi connectivity index (χ2n) is 5.35. The SMILES string of the molecule is COc1ccc(C)cc1C(N)CS(=O)CCC(C)C. The summed E-state index contributed by atoms with van der Waals surface area (Å²) >= 11 is 0. The van der Waals surface area contributed by atoms with Crippen LogP contribution in [0.1, 0.15) is 37.4 Å². The number of aryl methyl sites for hydroxylation is 1. The molecule has 0 aliphatic heterocycles. The Kier molecular flexibility index (Phi) is 6.52. The van der Waals surface area contributed by atoms with Crippen molar-refractivity contribution < 1.29 is 8.95 Å². The van der Waals surface area contributed by atoms with Crippen LogP contribution < -0.4 is 10.5 Å². The van der Waals surface area contributed by atoms with E-state index in [1.165, 1.54) is 0 Å². The molecule has 4 heteroatoms. The average molecular weight is 283 g/mol. The van der Waals surface area contributed by atoms with Gasteiger partial charge in [-0.15, -0.1) is 0 Å². The zero-order chi connectivity index (χ0) is 14.4. The molecule has 0 saturated heterocycles. The summed E-state index contributed by atoms with van der Waals surface area (Å²) in [6, 6.07) is 5.69. The highest BCUT2D eigenvalue weighted by atomic mass is 32.2. The molecule has 108 valence electrons. The first-order valence-electron chi connectivity index (χ1n) is 6.69. The number of methoxy groups -OCH3 is 1. The fraction of sp³-hybridized carbons (Fsp3) is 0.600. The normalized spacial score (nSPS) is 14.4. The van der Waals surface area contributed by atoms with Gasteiger partial charge in [-0.2, -0.15) is 0 Å². The first-order chi connectivity index (χ1) is 8.93. The minimum absolute atomic E-state index is 0.233. The molecule has 1 aromatic carbocycles. The van der Waals surface area contributed by atoms with Crippen molar-refractivity contribution in [3.8, 4) is 5.75 Å². The third-order valence-corrected chi connectivity index (χ3v) is 4.49. The summed E-state index contributed by atoms with van der Waals surface area (Å²) in [4.78, 5) is 0. The second kappa shape index (κ2) is 7.65. The summed E-state index contributed by atoms with van der Waals surface area (Å²) in [6.07, 6.45) is 0.976. The van der Waals surface area contributed by atoms with Gasteiger partial charge in [-0.05, 0) is 25.3 Å². The summed E-state index contributed by atoms with van der Waals surface area (Å²) in [7, 11) is 0.767. The van der Waals surface area contributed by atoms with Gasteiger partial charge in [0.15, 0.2) is 0 Å². The number of ether oxygens (including phenoxy) is 1. The van der Waals surface area contributed by atoms with Gasteiger partial charge in [0, 0.05) is 33.9 Å². The molecule has 0 amide bonds. The summed E-state index contributed by atoms with van der Waals surface area (Å²) < 4.78 is 17.3. The first kappa shape index (κ1) is 16.2. The Morgan fingerprint density at radius 2 is 2.05 bits per heavy atom. The summed E-state index contributed by atoms with van der Waals surface area (Å²) in [5, 5.41) is 0. The lowest BCUT2D eigenvalue weighted by molar-refractivity contribution is 0.407. The lowest BCUT2D eigenvalue weighted by atomic mass is 10.1. The van der Waals surface area contributed by atoms with E-state index in [0.29, 0.717) is 11.7 Å². The fourth-order valence-corrected chi connectivity index (χ4v) is 3.37. The molecule has 2 atom stereocenters.